The number of hydrogen-bond donors (Lipinski definition) is 2. The van der Waals surface area contributed by atoms with Gasteiger partial charge in [0.15, 0.2) is 6.20 Å². The van der Waals surface area contributed by atoms with Gasteiger partial charge in [0.05, 0.1) is 5.69 Å². The Bertz CT molecular complexity index is 1530. The van der Waals surface area contributed by atoms with Crippen molar-refractivity contribution in [2.24, 2.45) is 5.73 Å². The minimum absolute atomic E-state index is 0.0230. The largest absolute Gasteiger partial charge is 0.618 e. The number of aromatic nitrogens is 3. The summed E-state index contributed by atoms with van der Waals surface area (Å²) in [5.74, 6) is 0.0688. The molecule has 8 heteroatoms. The lowest BCUT2D eigenvalue weighted by atomic mass is 9.92. The number of halogens is 2. The van der Waals surface area contributed by atoms with E-state index in [9.17, 15) is 14.4 Å². The average molecular weight is 501 g/mol. The highest BCUT2D eigenvalue weighted by Crippen LogP contribution is 2.63. The Kier molecular flexibility index (Phi) is 5.19. The molecular formula is C28H22ClFN4O2. The average Bonchev–Trinajstić information content (AvgIpc) is 3.48. The molecule has 1 amide bonds. The Morgan fingerprint density at radius 2 is 2.00 bits per heavy atom. The number of hydrogen-bond acceptors (Lipinski definition) is 3. The van der Waals surface area contributed by atoms with E-state index in [2.05, 4.69) is 4.98 Å². The van der Waals surface area contributed by atoms with E-state index in [1.807, 2.05) is 30.3 Å². The molecule has 0 saturated heterocycles. The second-order valence-corrected chi connectivity index (χ2v) is 9.79. The number of carbonyl (C=O) groups excluding carboxylic acids is 1. The van der Waals surface area contributed by atoms with Crippen molar-refractivity contribution < 1.29 is 13.9 Å². The van der Waals surface area contributed by atoms with Crippen LogP contribution in [-0.2, 0) is 11.8 Å². The van der Waals surface area contributed by atoms with E-state index in [4.69, 9.17) is 22.3 Å². The zero-order valence-electron chi connectivity index (χ0n) is 19.1. The van der Waals surface area contributed by atoms with Crippen LogP contribution < -0.4 is 10.5 Å². The summed E-state index contributed by atoms with van der Waals surface area (Å²) in [4.78, 5) is 20.1. The van der Waals surface area contributed by atoms with Crippen LogP contribution in [0.3, 0.4) is 0 Å². The highest BCUT2D eigenvalue weighted by Gasteiger charge is 2.64. The van der Waals surface area contributed by atoms with Gasteiger partial charge in [-0.2, -0.15) is 4.73 Å². The molecule has 4 aromatic rings. The van der Waals surface area contributed by atoms with E-state index in [1.54, 1.807) is 36.4 Å². The maximum Gasteiger partial charge on any atom is 0.249 e. The summed E-state index contributed by atoms with van der Waals surface area (Å²) >= 11 is 6.17. The van der Waals surface area contributed by atoms with Gasteiger partial charge in [-0.3, -0.25) is 4.79 Å². The molecule has 2 aliphatic rings. The molecule has 0 radical (unpaired) electrons. The number of imidazole rings is 1. The lowest BCUT2D eigenvalue weighted by molar-refractivity contribution is -0.615. The molecule has 3 atom stereocenters. The number of pyridine rings is 1. The van der Waals surface area contributed by atoms with Gasteiger partial charge >= 0.3 is 0 Å². The molecule has 2 heterocycles. The van der Waals surface area contributed by atoms with Gasteiger partial charge in [-0.1, -0.05) is 41.9 Å². The van der Waals surface area contributed by atoms with E-state index in [1.165, 1.54) is 12.3 Å². The SMILES string of the molecule is NC(=O)c1ccc(Cl)cc1-c1ccc([C@]2(c3nc4c([nH]3)CC(F)C=C4)C[C@H]2c2ccccc2)[n+]([O-])c1. The highest BCUT2D eigenvalue weighted by molar-refractivity contribution is 6.31. The monoisotopic (exact) mass is 500 g/mol. The maximum absolute atomic E-state index is 14.0. The number of benzene rings is 2. The zero-order chi connectivity index (χ0) is 25.0. The van der Waals surface area contributed by atoms with Crippen LogP contribution in [0, 0.1) is 5.21 Å². The molecule has 0 bridgehead atoms. The van der Waals surface area contributed by atoms with Crippen molar-refractivity contribution in [2.75, 3.05) is 0 Å². The number of nitrogens with zero attached hydrogens (tertiary/aromatic N) is 2. The lowest BCUT2D eigenvalue weighted by Gasteiger charge is -2.17. The molecule has 1 fully saturated rings. The van der Waals surface area contributed by atoms with Crippen LogP contribution in [0.4, 0.5) is 4.39 Å². The third kappa shape index (κ3) is 3.58. The van der Waals surface area contributed by atoms with E-state index in [0.29, 0.717) is 39.8 Å². The van der Waals surface area contributed by atoms with Gasteiger partial charge in [-0.25, -0.2) is 9.37 Å². The van der Waals surface area contributed by atoms with Crippen LogP contribution in [0.25, 0.3) is 17.2 Å². The first-order valence-corrected chi connectivity index (χ1v) is 12.0. The van der Waals surface area contributed by atoms with Crippen LogP contribution in [0.5, 0.6) is 0 Å². The van der Waals surface area contributed by atoms with Gasteiger partial charge in [-0.15, -0.1) is 0 Å². The Labute approximate surface area is 211 Å². The van der Waals surface area contributed by atoms with Gasteiger partial charge in [0.1, 0.15) is 17.4 Å². The first-order chi connectivity index (χ1) is 17.4. The zero-order valence-corrected chi connectivity index (χ0v) is 19.9. The molecule has 2 aromatic carbocycles. The molecule has 2 aromatic heterocycles. The second-order valence-electron chi connectivity index (χ2n) is 9.35. The normalized spacial score (nSPS) is 22.3. The summed E-state index contributed by atoms with van der Waals surface area (Å²) in [6.07, 6.45) is 4.48. The number of amides is 1. The van der Waals surface area contributed by atoms with Crippen molar-refractivity contribution in [2.45, 2.75) is 30.3 Å². The molecule has 6 rings (SSSR count). The number of nitrogens with one attached hydrogen (secondary N) is 1. The molecule has 6 nitrogen and oxygen atoms in total. The molecule has 3 N–H and O–H groups in total. The first kappa shape index (κ1) is 22.5. The van der Waals surface area contributed by atoms with Crippen LogP contribution >= 0.6 is 11.6 Å². The summed E-state index contributed by atoms with van der Waals surface area (Å²) in [5, 5.41) is 14.0. The fourth-order valence-corrected chi connectivity index (χ4v) is 5.53. The van der Waals surface area contributed by atoms with Crippen LogP contribution in [-0.4, -0.2) is 22.0 Å². The van der Waals surface area contributed by atoms with E-state index < -0.39 is 17.5 Å². The minimum Gasteiger partial charge on any atom is -0.618 e. The molecule has 1 saturated carbocycles. The van der Waals surface area contributed by atoms with Crippen molar-refractivity contribution in [1.82, 2.24) is 9.97 Å². The number of primary amides is 1. The van der Waals surface area contributed by atoms with Gasteiger partial charge < -0.3 is 15.9 Å². The molecule has 36 heavy (non-hydrogen) atoms. The summed E-state index contributed by atoms with van der Waals surface area (Å²) in [7, 11) is 0. The van der Waals surface area contributed by atoms with Crippen molar-refractivity contribution in [3.05, 3.63) is 117 Å². The number of rotatable bonds is 5. The second kappa shape index (κ2) is 8.31. The predicted molar refractivity (Wildman–Crippen MR) is 135 cm³/mol. The lowest BCUT2D eigenvalue weighted by Crippen LogP contribution is -2.38. The summed E-state index contributed by atoms with van der Waals surface area (Å²) in [6, 6.07) is 18.3. The summed E-state index contributed by atoms with van der Waals surface area (Å²) < 4.78 is 14.8. The number of alkyl halides is 1. The van der Waals surface area contributed by atoms with Crippen molar-refractivity contribution in [3.63, 3.8) is 0 Å². The molecule has 0 aliphatic heterocycles. The molecule has 1 unspecified atom stereocenters. The Hall–Kier alpha value is -3.97. The maximum atomic E-state index is 14.0. The number of allylic oxidation sites excluding steroid dienone is 1. The van der Waals surface area contributed by atoms with Gasteiger partial charge in [-0.05, 0) is 48.4 Å². The van der Waals surface area contributed by atoms with Gasteiger partial charge in [0.25, 0.3) is 0 Å². The van der Waals surface area contributed by atoms with E-state index in [0.717, 1.165) is 16.0 Å². The highest BCUT2D eigenvalue weighted by atomic mass is 35.5. The molecular weight excluding hydrogens is 479 g/mol. The van der Waals surface area contributed by atoms with Crippen LogP contribution in [0.2, 0.25) is 5.02 Å². The molecule has 0 spiro atoms. The third-order valence-corrected chi connectivity index (χ3v) is 7.42. The fraction of sp³-hybridized carbons (Fsp3) is 0.179. The van der Waals surface area contributed by atoms with Gasteiger partial charge in [0, 0.05) is 45.8 Å². The predicted octanol–water partition coefficient (Wildman–Crippen LogP) is 4.84. The molecule has 2 aliphatic carbocycles. The number of fused-ring (bicyclic) bond motifs is 1. The standard InChI is InChI=1S/C28H22ClFN4O2/c29-18-7-9-20(26(31)35)21(12-18)17-6-11-25(34(36)15-17)28(14-22(28)16-4-2-1-3-5-16)27-32-23-10-8-19(30)13-24(23)33-27/h1-12,15,19,22H,13-14H2,(H2,31,35)(H,32,33)/t19?,22-,28-/m0/s1. The Morgan fingerprint density at radius 1 is 1.19 bits per heavy atom. The van der Waals surface area contributed by atoms with Crippen LogP contribution in [0.15, 0.2) is 72.9 Å². The van der Waals surface area contributed by atoms with Gasteiger partial charge in [0.2, 0.25) is 11.6 Å². The topological polar surface area (TPSA) is 98.7 Å². The quantitative estimate of drug-likeness (QED) is 0.303. The molecule has 180 valence electrons. The van der Waals surface area contributed by atoms with Crippen LogP contribution in [0.1, 0.15) is 51.2 Å². The number of aromatic amines is 1. The van der Waals surface area contributed by atoms with E-state index >= 15 is 0 Å². The smallest absolute Gasteiger partial charge is 0.249 e. The minimum atomic E-state index is -1.06. The first-order valence-electron chi connectivity index (χ1n) is 11.7. The number of carbonyl (C=O) groups is 1. The Morgan fingerprint density at radius 3 is 2.75 bits per heavy atom. The van der Waals surface area contributed by atoms with E-state index in [-0.39, 0.29) is 17.9 Å². The number of nitrogens with two attached hydrogens (primary N) is 1. The van der Waals surface area contributed by atoms with Crippen molar-refractivity contribution in [3.8, 4) is 11.1 Å². The third-order valence-electron chi connectivity index (χ3n) is 7.19. The van der Waals surface area contributed by atoms with Crippen molar-refractivity contribution >= 4 is 23.6 Å². The summed E-state index contributed by atoms with van der Waals surface area (Å²) in [5.41, 5.74) is 9.21. The Balaban J connectivity index is 1.48. The summed E-state index contributed by atoms with van der Waals surface area (Å²) in [6.45, 7) is 0. The fourth-order valence-electron chi connectivity index (χ4n) is 5.36. The number of H-pyrrole nitrogens is 1. The van der Waals surface area contributed by atoms with Crippen molar-refractivity contribution in [1.29, 1.82) is 0 Å².